The molecule has 1 aliphatic rings. The van der Waals surface area contributed by atoms with Crippen LogP contribution in [0.5, 0.6) is 0 Å². The van der Waals surface area contributed by atoms with Crippen LogP contribution in [0.3, 0.4) is 0 Å². The third-order valence-electron chi connectivity index (χ3n) is 3.84. The fraction of sp³-hybridized carbons (Fsp3) is 0.545. The molecule has 17 nitrogen and oxygen atoms in total. The van der Waals surface area contributed by atoms with Crippen LogP contribution in [0.15, 0.2) is 11.0 Å². The Hall–Kier alpha value is -1.21. The maximum atomic E-state index is 12.1. The van der Waals surface area contributed by atoms with Crippen LogP contribution in [0.25, 0.3) is 0 Å². The maximum absolute atomic E-state index is 12.1. The molecule has 0 aliphatic carbocycles. The summed E-state index contributed by atoms with van der Waals surface area (Å²) in [7, 11) is -16.8. The van der Waals surface area contributed by atoms with Gasteiger partial charge in [-0.25, -0.2) is 18.5 Å². The number of aromatic nitrogens is 3. The second kappa shape index (κ2) is 9.57. The number of anilines is 1. The van der Waals surface area contributed by atoms with Crippen LogP contribution < -0.4 is 11.4 Å². The van der Waals surface area contributed by atoms with Crippen LogP contribution in [0.1, 0.15) is 6.23 Å². The average Bonchev–Trinajstić information content (AvgIpc) is 2.89. The number of aliphatic hydroxyl groups excluding tert-OH is 1. The summed E-state index contributed by atoms with van der Waals surface area (Å²) in [4.78, 5) is 49.3. The van der Waals surface area contributed by atoms with Crippen molar-refractivity contribution in [3.05, 3.63) is 16.7 Å². The molecule has 0 amide bonds. The molecule has 2 rings (SSSR count). The van der Waals surface area contributed by atoms with Crippen molar-refractivity contribution < 1.29 is 56.3 Å². The molecule has 0 saturated carbocycles. The summed E-state index contributed by atoms with van der Waals surface area (Å²) in [6.07, 6.45) is 3.43. The zero-order valence-electron chi connectivity index (χ0n) is 15.4. The predicted molar refractivity (Wildman–Crippen MR) is 102 cm³/mol. The van der Waals surface area contributed by atoms with E-state index >= 15 is 0 Å². The Bertz CT molecular complexity index is 1100. The molecule has 2 heterocycles. The van der Waals surface area contributed by atoms with E-state index < -0.39 is 65.5 Å². The van der Waals surface area contributed by atoms with Gasteiger partial charge in [-0.15, -0.1) is 6.42 Å². The van der Waals surface area contributed by atoms with Gasteiger partial charge in [-0.1, -0.05) is 17.5 Å². The third kappa shape index (κ3) is 6.43. The van der Waals surface area contributed by atoms with E-state index in [-0.39, 0.29) is 5.82 Å². The van der Waals surface area contributed by atoms with Crippen LogP contribution >= 0.6 is 35.1 Å². The van der Waals surface area contributed by atoms with E-state index in [4.69, 9.17) is 43.2 Å². The normalized spacial score (nSPS) is 29.7. The zero-order valence-corrected chi connectivity index (χ0v) is 18.9. The van der Waals surface area contributed by atoms with Gasteiger partial charge in [-0.3, -0.25) is 4.52 Å². The lowest BCUT2D eigenvalue weighted by atomic mass is 9.90. The number of ether oxygens (including phenoxy) is 1. The van der Waals surface area contributed by atoms with E-state index in [1.165, 1.54) is 0 Å². The van der Waals surface area contributed by atoms with Crippen LogP contribution in [-0.2, 0) is 31.6 Å². The maximum Gasteiger partial charge on any atom is 0.490 e. The summed E-state index contributed by atoms with van der Waals surface area (Å²) >= 11 is 6.37. The van der Waals surface area contributed by atoms with Gasteiger partial charge >= 0.3 is 29.2 Å². The van der Waals surface area contributed by atoms with E-state index in [1.807, 2.05) is 0 Å². The number of halogens is 1. The number of nitrogens with two attached hydrogens (primary N) is 1. The first-order valence-electron chi connectivity index (χ1n) is 7.96. The standard InChI is InChI=1S/C11H16ClN4O13P3/c1-2-11(12)6(4-17)7(27-9(11)16-10(18)15-8(13)3-14-16)5-26-31(22,23)29-32(24,25)28-30(19,20)21/h1,3,6-7,9,17H,4-5H2,(H,22,23)(H,24,25)(H2,13,15,18)(H2,19,20,21)/t6?,7-,9-,11?/m1/s1. The van der Waals surface area contributed by atoms with Crippen molar-refractivity contribution in [2.45, 2.75) is 17.2 Å². The Kier molecular flexibility index (Phi) is 8.09. The first-order valence-corrected chi connectivity index (χ1v) is 12.9. The molecule has 7 N–H and O–H groups in total. The number of nitrogens with zero attached hydrogens (tertiary/aromatic N) is 3. The molecule has 1 aromatic rings. The number of alkyl halides is 1. The SMILES string of the molecule is C#CC1(Cl)C(CO)[C@@H](COP(=O)(O)OP(=O)(O)OP(=O)(O)O)O[C@H]1n1ncc(N)nc1=O. The number of aliphatic hydroxyl groups is 1. The van der Waals surface area contributed by atoms with E-state index in [1.54, 1.807) is 0 Å². The van der Waals surface area contributed by atoms with Gasteiger partial charge in [0.1, 0.15) is 5.82 Å². The molecule has 32 heavy (non-hydrogen) atoms. The Morgan fingerprint density at radius 2 is 1.91 bits per heavy atom. The molecular weight excluding hydrogens is 525 g/mol. The zero-order chi connectivity index (χ0) is 24.5. The quantitative estimate of drug-likeness (QED) is 0.120. The second-order valence-electron chi connectivity index (χ2n) is 6.02. The van der Waals surface area contributed by atoms with Crippen molar-refractivity contribution in [2.75, 3.05) is 18.9 Å². The van der Waals surface area contributed by atoms with Crippen LogP contribution in [-0.4, -0.2) is 63.6 Å². The van der Waals surface area contributed by atoms with Crippen molar-refractivity contribution in [1.29, 1.82) is 0 Å². The fourth-order valence-electron chi connectivity index (χ4n) is 2.63. The summed E-state index contributed by atoms with van der Waals surface area (Å²) in [5.41, 5.74) is 4.33. The molecule has 0 spiro atoms. The first kappa shape index (κ1) is 27.0. The van der Waals surface area contributed by atoms with Gasteiger partial charge < -0.3 is 35.2 Å². The molecule has 180 valence electrons. The molecule has 1 fully saturated rings. The number of terminal acetylenes is 1. The minimum absolute atomic E-state index is 0.229. The van der Waals surface area contributed by atoms with Crippen LogP contribution in [0.2, 0.25) is 0 Å². The minimum Gasteiger partial charge on any atom is -0.396 e. The van der Waals surface area contributed by atoms with E-state index in [0.29, 0.717) is 4.68 Å². The Labute approximate surface area is 183 Å². The number of phosphoric acid groups is 3. The Morgan fingerprint density at radius 3 is 2.41 bits per heavy atom. The van der Waals surface area contributed by atoms with Crippen molar-refractivity contribution in [3.8, 4) is 12.3 Å². The van der Waals surface area contributed by atoms with Gasteiger partial charge in [0.25, 0.3) is 0 Å². The Balaban J connectivity index is 2.24. The molecule has 6 atom stereocenters. The van der Waals surface area contributed by atoms with Gasteiger partial charge in [0, 0.05) is 5.92 Å². The van der Waals surface area contributed by atoms with Crippen LogP contribution in [0.4, 0.5) is 5.82 Å². The molecule has 0 bridgehead atoms. The number of hydrogen-bond acceptors (Lipinski definition) is 12. The lowest BCUT2D eigenvalue weighted by Gasteiger charge is -2.26. The molecule has 1 aliphatic heterocycles. The summed E-state index contributed by atoms with van der Waals surface area (Å²) < 4.78 is 51.7. The van der Waals surface area contributed by atoms with Gasteiger partial charge in [0.05, 0.1) is 25.5 Å². The molecule has 1 aromatic heterocycles. The third-order valence-corrected chi connectivity index (χ3v) is 8.22. The fourth-order valence-corrected chi connectivity index (χ4v) is 6.01. The summed E-state index contributed by atoms with van der Waals surface area (Å²) in [6.45, 7) is -1.76. The van der Waals surface area contributed by atoms with Gasteiger partial charge in [-0.2, -0.15) is 23.4 Å². The summed E-state index contributed by atoms with van der Waals surface area (Å²) in [5.74, 6) is 0.654. The molecule has 0 radical (unpaired) electrons. The number of phosphoric ester groups is 1. The highest BCUT2D eigenvalue weighted by molar-refractivity contribution is 7.66. The highest BCUT2D eigenvalue weighted by atomic mass is 35.5. The van der Waals surface area contributed by atoms with Crippen molar-refractivity contribution in [2.24, 2.45) is 5.92 Å². The van der Waals surface area contributed by atoms with Gasteiger partial charge in [0.15, 0.2) is 11.1 Å². The summed E-state index contributed by atoms with van der Waals surface area (Å²) in [6, 6.07) is 0. The largest absolute Gasteiger partial charge is 0.490 e. The van der Waals surface area contributed by atoms with Crippen LogP contribution in [0, 0.1) is 18.3 Å². The summed E-state index contributed by atoms with van der Waals surface area (Å²) in [5, 5.41) is 13.4. The van der Waals surface area contributed by atoms with Crippen molar-refractivity contribution in [1.82, 2.24) is 14.8 Å². The van der Waals surface area contributed by atoms with Crippen molar-refractivity contribution >= 4 is 40.9 Å². The molecule has 21 heteroatoms. The van der Waals surface area contributed by atoms with E-state index in [9.17, 15) is 28.5 Å². The lowest BCUT2D eigenvalue weighted by Crippen LogP contribution is -2.42. The first-order chi connectivity index (χ1) is 14.5. The van der Waals surface area contributed by atoms with E-state index in [2.05, 4.69) is 29.1 Å². The molecule has 4 unspecified atom stereocenters. The molecular formula is C11H16ClN4O13P3. The lowest BCUT2D eigenvalue weighted by molar-refractivity contribution is -0.0430. The highest BCUT2D eigenvalue weighted by Gasteiger charge is 2.57. The number of rotatable bonds is 9. The second-order valence-corrected chi connectivity index (χ2v) is 11.1. The monoisotopic (exact) mass is 540 g/mol. The predicted octanol–water partition coefficient (Wildman–Crippen LogP) is -1.32. The van der Waals surface area contributed by atoms with Gasteiger partial charge in [0.2, 0.25) is 0 Å². The van der Waals surface area contributed by atoms with Gasteiger partial charge in [-0.05, 0) is 0 Å². The average molecular weight is 541 g/mol. The highest BCUT2D eigenvalue weighted by Crippen LogP contribution is 2.66. The van der Waals surface area contributed by atoms with Crippen molar-refractivity contribution in [3.63, 3.8) is 0 Å². The topological polar surface area (TPSA) is 263 Å². The Morgan fingerprint density at radius 1 is 1.28 bits per heavy atom. The smallest absolute Gasteiger partial charge is 0.396 e. The molecule has 1 saturated heterocycles. The van der Waals surface area contributed by atoms with E-state index in [0.717, 1.165) is 6.20 Å². The minimum atomic E-state index is -5.75. The number of hydrogen-bond donors (Lipinski definition) is 6. The number of nitrogen functional groups attached to an aromatic ring is 1. The molecule has 0 aromatic carbocycles.